The number of hydrogen-bond acceptors (Lipinski definition) is 7. The Morgan fingerprint density at radius 2 is 1.79 bits per heavy atom. The van der Waals surface area contributed by atoms with Crippen molar-refractivity contribution in [3.63, 3.8) is 0 Å². The van der Waals surface area contributed by atoms with Crippen molar-refractivity contribution in [3.8, 4) is 0 Å². The number of ether oxygens (including phenoxy) is 1. The first-order valence-corrected chi connectivity index (χ1v) is 9.91. The number of sulfone groups is 1. The summed E-state index contributed by atoms with van der Waals surface area (Å²) in [6.45, 7) is 2.61. The highest BCUT2D eigenvalue weighted by Crippen LogP contribution is 2.21. The molecule has 10 heteroatoms. The molecule has 0 saturated carbocycles. The van der Waals surface area contributed by atoms with Crippen molar-refractivity contribution in [2.24, 2.45) is 0 Å². The molecule has 0 fully saturated rings. The quantitative estimate of drug-likeness (QED) is 0.442. The molecule has 0 aliphatic rings. The van der Waals surface area contributed by atoms with Gasteiger partial charge < -0.3 is 10.1 Å². The molecule has 0 saturated heterocycles. The van der Waals surface area contributed by atoms with Crippen LogP contribution in [0, 0.1) is 24.0 Å². The number of anilines is 1. The summed E-state index contributed by atoms with van der Waals surface area (Å²) < 4.78 is 28.2. The van der Waals surface area contributed by atoms with Gasteiger partial charge in [-0.2, -0.15) is 0 Å². The first-order valence-electron chi connectivity index (χ1n) is 8.02. The summed E-state index contributed by atoms with van der Waals surface area (Å²) in [6.07, 6.45) is 1.02. The van der Waals surface area contributed by atoms with E-state index in [1.807, 2.05) is 0 Å². The number of non-ortho nitro benzene ring substituents is 1. The number of rotatable bonds is 6. The zero-order valence-electron chi connectivity index (χ0n) is 15.4. The Morgan fingerprint density at radius 3 is 2.36 bits per heavy atom. The van der Waals surface area contributed by atoms with Crippen LogP contribution in [0.4, 0.5) is 11.4 Å². The molecule has 0 spiro atoms. The minimum atomic E-state index is -3.50. The first-order chi connectivity index (χ1) is 13.0. The number of amides is 1. The van der Waals surface area contributed by atoms with Crippen molar-refractivity contribution >= 4 is 33.1 Å². The number of carbonyl (C=O) groups is 2. The van der Waals surface area contributed by atoms with Gasteiger partial charge in [0.05, 0.1) is 15.4 Å². The van der Waals surface area contributed by atoms with Gasteiger partial charge in [0.15, 0.2) is 16.4 Å². The Morgan fingerprint density at radius 1 is 1.11 bits per heavy atom. The molecule has 2 rings (SSSR count). The van der Waals surface area contributed by atoms with Gasteiger partial charge in [-0.05, 0) is 43.2 Å². The van der Waals surface area contributed by atoms with Crippen LogP contribution in [0.2, 0.25) is 0 Å². The lowest BCUT2D eigenvalue weighted by molar-refractivity contribution is -0.384. The smallest absolute Gasteiger partial charge is 0.338 e. The zero-order valence-corrected chi connectivity index (χ0v) is 16.2. The van der Waals surface area contributed by atoms with Crippen molar-refractivity contribution in [2.75, 3.05) is 18.2 Å². The predicted molar refractivity (Wildman–Crippen MR) is 101 cm³/mol. The second-order valence-corrected chi connectivity index (χ2v) is 8.15. The number of nitrogens with one attached hydrogen (secondary N) is 1. The number of carbonyl (C=O) groups excluding carboxylic acids is 2. The Kier molecular flexibility index (Phi) is 6.14. The molecule has 0 radical (unpaired) electrons. The Labute approximate surface area is 161 Å². The molecule has 2 aromatic carbocycles. The molecule has 9 nitrogen and oxygen atoms in total. The van der Waals surface area contributed by atoms with Crippen molar-refractivity contribution in [1.29, 1.82) is 0 Å². The largest absolute Gasteiger partial charge is 0.452 e. The van der Waals surface area contributed by atoms with Crippen LogP contribution in [0.1, 0.15) is 21.5 Å². The third-order valence-electron chi connectivity index (χ3n) is 3.89. The topological polar surface area (TPSA) is 133 Å². The average Bonchev–Trinajstić information content (AvgIpc) is 2.60. The van der Waals surface area contributed by atoms with E-state index in [1.165, 1.54) is 36.4 Å². The Bertz CT molecular complexity index is 1060. The van der Waals surface area contributed by atoms with E-state index in [0.29, 0.717) is 16.8 Å². The number of nitro benzene ring substituents is 1. The van der Waals surface area contributed by atoms with Gasteiger partial charge in [-0.15, -0.1) is 0 Å². The van der Waals surface area contributed by atoms with Crippen LogP contribution >= 0.6 is 0 Å². The highest BCUT2D eigenvalue weighted by Gasteiger charge is 2.17. The summed E-state index contributed by atoms with van der Waals surface area (Å²) in [5.41, 5.74) is 1.27. The van der Waals surface area contributed by atoms with Gasteiger partial charge in [-0.25, -0.2) is 13.2 Å². The summed E-state index contributed by atoms with van der Waals surface area (Å²) in [5.74, 6) is -1.47. The van der Waals surface area contributed by atoms with Gasteiger partial charge in [-0.1, -0.05) is 6.07 Å². The van der Waals surface area contributed by atoms with Crippen LogP contribution in [0.5, 0.6) is 0 Å². The van der Waals surface area contributed by atoms with Crippen LogP contribution in [0.15, 0.2) is 41.3 Å². The Balaban J connectivity index is 2.05. The normalized spacial score (nSPS) is 11.0. The lowest BCUT2D eigenvalue weighted by Gasteiger charge is -2.10. The standard InChI is InChI=1S/C18H18N2O7S/c1-11-4-6-14(28(3,25)26)9-15(11)18(22)27-10-17(21)19-16-7-5-13(20(23)24)8-12(16)2/h4-9H,10H2,1-3H3,(H,19,21). The maximum Gasteiger partial charge on any atom is 0.338 e. The van der Waals surface area contributed by atoms with E-state index >= 15 is 0 Å². The number of hydrogen-bond donors (Lipinski definition) is 1. The van der Waals surface area contributed by atoms with Crippen LogP contribution in [-0.4, -0.2) is 38.1 Å². The monoisotopic (exact) mass is 406 g/mol. The molecule has 2 aromatic rings. The molecule has 28 heavy (non-hydrogen) atoms. The molecule has 1 N–H and O–H groups in total. The Hall–Kier alpha value is -3.27. The predicted octanol–water partition coefficient (Wildman–Crippen LogP) is 2.41. The van der Waals surface area contributed by atoms with Crippen molar-refractivity contribution in [2.45, 2.75) is 18.7 Å². The van der Waals surface area contributed by atoms with Crippen LogP contribution < -0.4 is 5.32 Å². The van der Waals surface area contributed by atoms with Gasteiger partial charge >= 0.3 is 5.97 Å². The van der Waals surface area contributed by atoms with E-state index in [2.05, 4.69) is 5.32 Å². The summed E-state index contributed by atoms with van der Waals surface area (Å²) in [7, 11) is -3.50. The van der Waals surface area contributed by atoms with Crippen molar-refractivity contribution < 1.29 is 27.7 Å². The van der Waals surface area contributed by atoms with Gasteiger partial charge in [0.25, 0.3) is 11.6 Å². The fraction of sp³-hybridized carbons (Fsp3) is 0.222. The molecule has 0 bridgehead atoms. The lowest BCUT2D eigenvalue weighted by atomic mass is 10.1. The fourth-order valence-corrected chi connectivity index (χ4v) is 3.00. The summed E-state index contributed by atoms with van der Waals surface area (Å²) in [6, 6.07) is 7.99. The fourth-order valence-electron chi connectivity index (χ4n) is 2.35. The second-order valence-electron chi connectivity index (χ2n) is 6.13. The van der Waals surface area contributed by atoms with Crippen LogP contribution in [0.3, 0.4) is 0 Å². The molecule has 0 unspecified atom stereocenters. The van der Waals surface area contributed by atoms with Crippen LogP contribution in [-0.2, 0) is 19.4 Å². The molecule has 0 aliphatic carbocycles. The average molecular weight is 406 g/mol. The highest BCUT2D eigenvalue weighted by molar-refractivity contribution is 7.90. The summed E-state index contributed by atoms with van der Waals surface area (Å²) in [5, 5.41) is 13.2. The molecule has 0 aromatic heterocycles. The van der Waals surface area contributed by atoms with E-state index < -0.39 is 33.2 Å². The molecular weight excluding hydrogens is 388 g/mol. The van der Waals surface area contributed by atoms with Gasteiger partial charge in [0.2, 0.25) is 0 Å². The molecular formula is C18H18N2O7S. The number of benzene rings is 2. The van der Waals surface area contributed by atoms with Gasteiger partial charge in [0.1, 0.15) is 0 Å². The zero-order chi connectivity index (χ0) is 21.1. The highest BCUT2D eigenvalue weighted by atomic mass is 32.2. The number of nitrogens with zero attached hydrogens (tertiary/aromatic N) is 1. The van der Waals surface area contributed by atoms with Crippen molar-refractivity contribution in [3.05, 3.63) is 63.2 Å². The van der Waals surface area contributed by atoms with E-state index in [1.54, 1.807) is 13.8 Å². The van der Waals surface area contributed by atoms with E-state index in [0.717, 1.165) is 6.26 Å². The maximum absolute atomic E-state index is 12.2. The maximum atomic E-state index is 12.2. The minimum absolute atomic E-state index is 0.0315. The summed E-state index contributed by atoms with van der Waals surface area (Å²) >= 11 is 0. The van der Waals surface area contributed by atoms with E-state index in [9.17, 15) is 28.1 Å². The molecule has 0 aliphatic heterocycles. The molecule has 1 amide bonds. The number of esters is 1. The third kappa shape index (κ3) is 5.13. The lowest BCUT2D eigenvalue weighted by Crippen LogP contribution is -2.21. The minimum Gasteiger partial charge on any atom is -0.452 e. The molecule has 0 heterocycles. The summed E-state index contributed by atoms with van der Waals surface area (Å²) in [4.78, 5) is 34.4. The third-order valence-corrected chi connectivity index (χ3v) is 5.00. The molecule has 0 atom stereocenters. The SMILES string of the molecule is Cc1cc([N+](=O)[O-])ccc1NC(=O)COC(=O)c1cc(S(C)(=O)=O)ccc1C. The first kappa shape index (κ1) is 21.0. The van der Waals surface area contributed by atoms with E-state index in [4.69, 9.17) is 4.74 Å². The van der Waals surface area contributed by atoms with Crippen molar-refractivity contribution in [1.82, 2.24) is 0 Å². The number of aryl methyl sites for hydroxylation is 2. The van der Waals surface area contributed by atoms with E-state index in [-0.39, 0.29) is 16.1 Å². The van der Waals surface area contributed by atoms with Gasteiger partial charge in [-0.3, -0.25) is 14.9 Å². The second kappa shape index (κ2) is 8.17. The van der Waals surface area contributed by atoms with Gasteiger partial charge in [0, 0.05) is 24.1 Å². The number of nitro groups is 1. The molecule has 148 valence electrons. The van der Waals surface area contributed by atoms with Crippen LogP contribution in [0.25, 0.3) is 0 Å².